The topological polar surface area (TPSA) is 34.4 Å². The van der Waals surface area contributed by atoms with Crippen molar-refractivity contribution in [2.24, 2.45) is 0 Å². The molecule has 0 aliphatic rings. The Morgan fingerprint density at radius 1 is 1.09 bits per heavy atom. The average molecular weight is 318 g/mol. The normalized spacial score (nSPS) is 11.2. The van der Waals surface area contributed by atoms with E-state index in [9.17, 15) is 4.79 Å². The smallest absolute Gasteiger partial charge is 0.267 e. The zero-order chi connectivity index (χ0) is 16.0. The Labute approximate surface area is 137 Å². The Morgan fingerprint density at radius 3 is 2.52 bits per heavy atom. The summed E-state index contributed by atoms with van der Waals surface area (Å²) < 4.78 is 2.74. The maximum Gasteiger partial charge on any atom is 0.267 e. The molecule has 0 spiro atoms. The second-order valence-corrected chi connectivity index (χ2v) is 6.48. The van der Waals surface area contributed by atoms with E-state index in [1.165, 1.54) is 11.3 Å². The summed E-state index contributed by atoms with van der Waals surface area (Å²) in [6.07, 6.45) is 0. The molecular formula is C19H14N2OS. The quantitative estimate of drug-likeness (QED) is 0.541. The molecule has 0 fully saturated rings. The summed E-state index contributed by atoms with van der Waals surface area (Å²) in [4.78, 5) is 18.6. The lowest BCUT2D eigenvalue weighted by Gasteiger charge is -2.09. The number of hydrogen-bond acceptors (Lipinski definition) is 3. The van der Waals surface area contributed by atoms with Gasteiger partial charge in [-0.25, -0.2) is 4.98 Å². The molecule has 0 saturated carbocycles. The van der Waals surface area contributed by atoms with Crippen LogP contribution >= 0.6 is 11.3 Å². The third-order valence-electron chi connectivity index (χ3n) is 3.83. The van der Waals surface area contributed by atoms with Gasteiger partial charge in [0.25, 0.3) is 5.56 Å². The van der Waals surface area contributed by atoms with E-state index in [0.29, 0.717) is 16.2 Å². The molecule has 0 radical (unpaired) electrons. The molecule has 0 unspecified atom stereocenters. The minimum absolute atomic E-state index is 0.0567. The van der Waals surface area contributed by atoms with Crippen LogP contribution in [0.4, 0.5) is 0 Å². The molecule has 0 saturated heterocycles. The van der Waals surface area contributed by atoms with Gasteiger partial charge in [-0.2, -0.15) is 0 Å². The maximum atomic E-state index is 13.1. The predicted molar refractivity (Wildman–Crippen MR) is 97.0 cm³/mol. The summed E-state index contributed by atoms with van der Waals surface area (Å²) >= 11 is 1.53. The number of thiazole rings is 1. The van der Waals surface area contributed by atoms with Crippen molar-refractivity contribution in [2.75, 3.05) is 0 Å². The fourth-order valence-corrected chi connectivity index (χ4v) is 3.82. The van der Waals surface area contributed by atoms with Crippen LogP contribution < -0.4 is 5.56 Å². The molecule has 2 aromatic carbocycles. The first kappa shape index (κ1) is 13.9. The number of benzene rings is 2. The van der Waals surface area contributed by atoms with Crippen molar-refractivity contribution < 1.29 is 0 Å². The number of rotatable bonds is 2. The van der Waals surface area contributed by atoms with Crippen molar-refractivity contribution in [1.29, 1.82) is 0 Å². The Balaban J connectivity index is 2.20. The molecule has 4 rings (SSSR count). The summed E-state index contributed by atoms with van der Waals surface area (Å²) in [5.41, 5.74) is 3.78. The van der Waals surface area contributed by atoms with Crippen LogP contribution in [0.5, 0.6) is 0 Å². The van der Waals surface area contributed by atoms with Crippen LogP contribution in [0.15, 0.2) is 66.0 Å². The average Bonchev–Trinajstić information content (AvgIpc) is 2.93. The van der Waals surface area contributed by atoms with Crippen LogP contribution in [0, 0.1) is 0 Å². The fourth-order valence-electron chi connectivity index (χ4n) is 2.80. The van der Waals surface area contributed by atoms with Crippen LogP contribution in [0.1, 0.15) is 12.5 Å². The third-order valence-corrected chi connectivity index (χ3v) is 4.86. The van der Waals surface area contributed by atoms with Crippen molar-refractivity contribution in [3.63, 3.8) is 0 Å². The Hall–Kier alpha value is -2.72. The van der Waals surface area contributed by atoms with Gasteiger partial charge in [-0.3, -0.25) is 9.20 Å². The first-order chi connectivity index (χ1) is 11.2. The highest BCUT2D eigenvalue weighted by Crippen LogP contribution is 2.29. The molecule has 4 aromatic rings. The van der Waals surface area contributed by atoms with E-state index in [-0.39, 0.29) is 5.56 Å². The van der Waals surface area contributed by atoms with Gasteiger partial charge in [0.1, 0.15) is 0 Å². The van der Waals surface area contributed by atoms with E-state index in [0.717, 1.165) is 21.4 Å². The highest BCUT2D eigenvalue weighted by Gasteiger charge is 2.17. The number of para-hydroxylation sites is 1. The first-order valence-electron chi connectivity index (χ1n) is 7.32. The second kappa shape index (κ2) is 5.18. The lowest BCUT2D eigenvalue weighted by atomic mass is 10.0. The molecule has 0 bridgehead atoms. The van der Waals surface area contributed by atoms with Gasteiger partial charge < -0.3 is 0 Å². The highest BCUT2D eigenvalue weighted by molar-refractivity contribution is 7.23. The van der Waals surface area contributed by atoms with Gasteiger partial charge in [-0.15, -0.1) is 0 Å². The number of allylic oxidation sites excluding steroid dienone is 1. The molecule has 112 valence electrons. The molecule has 0 N–H and O–H groups in total. The molecule has 0 amide bonds. The van der Waals surface area contributed by atoms with Gasteiger partial charge in [-0.1, -0.05) is 60.4 Å². The highest BCUT2D eigenvalue weighted by atomic mass is 32.1. The molecule has 2 aromatic heterocycles. The summed E-state index contributed by atoms with van der Waals surface area (Å²) in [5, 5.41) is 0. The lowest BCUT2D eigenvalue weighted by molar-refractivity contribution is 1.10. The molecule has 2 heterocycles. The van der Waals surface area contributed by atoms with Crippen LogP contribution in [-0.2, 0) is 0 Å². The van der Waals surface area contributed by atoms with Crippen LogP contribution in [0.3, 0.4) is 0 Å². The second-order valence-electron chi connectivity index (χ2n) is 5.47. The fraction of sp³-hybridized carbons (Fsp3) is 0.0526. The van der Waals surface area contributed by atoms with E-state index >= 15 is 0 Å². The first-order valence-corrected chi connectivity index (χ1v) is 8.14. The molecular weight excluding hydrogens is 304 g/mol. The summed E-state index contributed by atoms with van der Waals surface area (Å²) in [6, 6.07) is 17.7. The van der Waals surface area contributed by atoms with E-state index in [4.69, 9.17) is 4.98 Å². The Bertz CT molecular complexity index is 1110. The predicted octanol–water partition coefficient (Wildman–Crippen LogP) is 4.61. The molecule has 4 heteroatoms. The van der Waals surface area contributed by atoms with E-state index in [1.807, 2.05) is 61.5 Å². The molecule has 3 nitrogen and oxygen atoms in total. The molecule has 0 aliphatic carbocycles. The Kier molecular flexibility index (Phi) is 3.13. The van der Waals surface area contributed by atoms with Crippen molar-refractivity contribution in [3.8, 4) is 11.3 Å². The zero-order valence-electron chi connectivity index (χ0n) is 12.6. The molecule has 0 atom stereocenters. The minimum Gasteiger partial charge on any atom is -0.268 e. The van der Waals surface area contributed by atoms with E-state index in [1.54, 1.807) is 4.40 Å². The van der Waals surface area contributed by atoms with Crippen LogP contribution in [0.25, 0.3) is 32.0 Å². The minimum atomic E-state index is -0.0567. The van der Waals surface area contributed by atoms with Crippen molar-refractivity contribution >= 4 is 32.1 Å². The van der Waals surface area contributed by atoms with Crippen LogP contribution in [-0.4, -0.2) is 9.38 Å². The van der Waals surface area contributed by atoms with E-state index in [2.05, 4.69) is 6.58 Å². The number of aromatic nitrogens is 2. The van der Waals surface area contributed by atoms with Crippen molar-refractivity contribution in [3.05, 3.63) is 77.1 Å². The summed E-state index contributed by atoms with van der Waals surface area (Å²) in [5.74, 6) is 0. The SMILES string of the molecule is C=C(C)c1c(-c2ccccc2)nc2sc3ccccc3n2c1=O. The largest absolute Gasteiger partial charge is 0.268 e. The number of hydrogen-bond donors (Lipinski definition) is 0. The van der Waals surface area contributed by atoms with E-state index < -0.39 is 0 Å². The van der Waals surface area contributed by atoms with Gasteiger partial charge in [0.05, 0.1) is 21.5 Å². The monoisotopic (exact) mass is 318 g/mol. The molecule has 23 heavy (non-hydrogen) atoms. The van der Waals surface area contributed by atoms with Crippen molar-refractivity contribution in [2.45, 2.75) is 6.92 Å². The number of fused-ring (bicyclic) bond motifs is 3. The van der Waals surface area contributed by atoms with Gasteiger partial charge in [0.15, 0.2) is 4.96 Å². The van der Waals surface area contributed by atoms with Crippen LogP contribution in [0.2, 0.25) is 0 Å². The third kappa shape index (κ3) is 2.11. The zero-order valence-corrected chi connectivity index (χ0v) is 13.4. The van der Waals surface area contributed by atoms with Gasteiger partial charge in [-0.05, 0) is 24.6 Å². The standard InChI is InChI=1S/C19H14N2OS/c1-12(2)16-17(13-8-4-3-5-9-13)20-19-21(18(16)22)14-10-6-7-11-15(14)23-19/h3-11H,1H2,2H3. The number of nitrogens with zero attached hydrogens (tertiary/aromatic N) is 2. The summed E-state index contributed by atoms with van der Waals surface area (Å²) in [7, 11) is 0. The maximum absolute atomic E-state index is 13.1. The van der Waals surface area contributed by atoms with Gasteiger partial charge in [0.2, 0.25) is 0 Å². The summed E-state index contributed by atoms with van der Waals surface area (Å²) in [6.45, 7) is 5.85. The van der Waals surface area contributed by atoms with Crippen molar-refractivity contribution in [1.82, 2.24) is 9.38 Å². The Morgan fingerprint density at radius 2 is 1.78 bits per heavy atom. The van der Waals surface area contributed by atoms with Gasteiger partial charge in [0, 0.05) is 5.56 Å². The van der Waals surface area contributed by atoms with Gasteiger partial charge >= 0.3 is 0 Å². The lowest BCUT2D eigenvalue weighted by Crippen LogP contribution is -2.19. The molecule has 0 aliphatic heterocycles.